The molecule has 0 saturated heterocycles. The molecule has 0 unspecified atom stereocenters. The Labute approximate surface area is 99.2 Å². The van der Waals surface area contributed by atoms with Crippen LogP contribution in [0, 0.1) is 9.39 Å². The van der Waals surface area contributed by atoms with E-state index in [2.05, 4.69) is 32.7 Å². The third kappa shape index (κ3) is 1.94. The Hall–Kier alpha value is -1.18. The van der Waals surface area contributed by atoms with Crippen LogP contribution in [-0.4, -0.2) is 21.9 Å². The second-order valence-electron chi connectivity index (χ2n) is 2.75. The quantitative estimate of drug-likeness (QED) is 0.795. The van der Waals surface area contributed by atoms with Crippen molar-refractivity contribution in [3.63, 3.8) is 0 Å². The molecule has 0 atom stereocenters. The van der Waals surface area contributed by atoms with Crippen molar-refractivity contribution in [3.8, 4) is 11.7 Å². The van der Waals surface area contributed by atoms with Gasteiger partial charge in [-0.15, -0.1) is 0 Å². The second kappa shape index (κ2) is 4.13. The fourth-order valence-electron chi connectivity index (χ4n) is 1.16. The van der Waals surface area contributed by atoms with Crippen LogP contribution in [0.5, 0.6) is 5.88 Å². The Morgan fingerprint density at radius 3 is 2.80 bits per heavy atom. The van der Waals surface area contributed by atoms with Crippen LogP contribution >= 0.6 is 22.6 Å². The van der Waals surface area contributed by atoms with Crippen LogP contribution in [0.25, 0.3) is 5.82 Å². The van der Waals surface area contributed by atoms with Crippen LogP contribution in [0.1, 0.15) is 0 Å². The first-order valence-corrected chi connectivity index (χ1v) is 5.19. The zero-order valence-corrected chi connectivity index (χ0v) is 9.97. The van der Waals surface area contributed by atoms with Crippen molar-refractivity contribution < 1.29 is 9.13 Å². The van der Waals surface area contributed by atoms with Crippen LogP contribution in [0.4, 0.5) is 4.39 Å². The van der Waals surface area contributed by atoms with Gasteiger partial charge in [0.2, 0.25) is 5.88 Å². The minimum atomic E-state index is -0.375. The summed E-state index contributed by atoms with van der Waals surface area (Å²) in [7, 11) is 1.55. The molecule has 0 spiro atoms. The molecule has 0 N–H and O–H groups in total. The van der Waals surface area contributed by atoms with Gasteiger partial charge in [-0.1, -0.05) is 0 Å². The number of ether oxygens (including phenoxy) is 1. The summed E-state index contributed by atoms with van der Waals surface area (Å²) in [5.41, 5.74) is 0. The smallest absolute Gasteiger partial charge is 0.231 e. The van der Waals surface area contributed by atoms with E-state index in [1.54, 1.807) is 19.4 Å². The van der Waals surface area contributed by atoms with Gasteiger partial charge in [0.15, 0.2) is 5.82 Å². The van der Waals surface area contributed by atoms with Gasteiger partial charge < -0.3 is 4.74 Å². The molecule has 0 bridgehead atoms. The van der Waals surface area contributed by atoms with Crippen molar-refractivity contribution in [1.29, 1.82) is 0 Å². The van der Waals surface area contributed by atoms with Gasteiger partial charge >= 0.3 is 0 Å². The molecule has 2 heterocycles. The van der Waals surface area contributed by atoms with Gasteiger partial charge in [-0.05, 0) is 34.7 Å². The van der Waals surface area contributed by atoms with Crippen LogP contribution in [0.3, 0.4) is 0 Å². The summed E-state index contributed by atoms with van der Waals surface area (Å²) in [6.45, 7) is 0. The molecule has 78 valence electrons. The molecule has 0 radical (unpaired) electrons. The van der Waals surface area contributed by atoms with E-state index in [0.717, 1.165) is 9.77 Å². The SMILES string of the molecule is COc1c(I)cnn1-c1ccc(F)cn1. The van der Waals surface area contributed by atoms with Crippen LogP contribution < -0.4 is 4.74 Å². The highest BCUT2D eigenvalue weighted by Gasteiger charge is 2.11. The van der Waals surface area contributed by atoms with Crippen molar-refractivity contribution in [2.75, 3.05) is 7.11 Å². The van der Waals surface area contributed by atoms with Crippen molar-refractivity contribution >= 4 is 22.6 Å². The van der Waals surface area contributed by atoms with Crippen LogP contribution in [0.15, 0.2) is 24.5 Å². The summed E-state index contributed by atoms with van der Waals surface area (Å²) >= 11 is 2.10. The summed E-state index contributed by atoms with van der Waals surface area (Å²) in [6.07, 6.45) is 2.80. The molecule has 15 heavy (non-hydrogen) atoms. The molecule has 2 aromatic rings. The van der Waals surface area contributed by atoms with Gasteiger partial charge in [-0.3, -0.25) is 0 Å². The molecule has 0 aliphatic heterocycles. The van der Waals surface area contributed by atoms with Crippen LogP contribution in [-0.2, 0) is 0 Å². The Morgan fingerprint density at radius 2 is 2.20 bits per heavy atom. The molecule has 0 amide bonds. The fourth-order valence-corrected chi connectivity index (χ4v) is 1.73. The van der Waals surface area contributed by atoms with E-state index in [1.165, 1.54) is 10.7 Å². The Morgan fingerprint density at radius 1 is 1.40 bits per heavy atom. The first kappa shape index (κ1) is 10.3. The standard InChI is InChI=1S/C9H7FIN3O/c1-15-9-7(11)5-13-14(9)8-3-2-6(10)4-12-8/h2-5H,1H3. The zero-order valence-electron chi connectivity index (χ0n) is 7.82. The molecule has 4 nitrogen and oxygen atoms in total. The highest BCUT2D eigenvalue weighted by atomic mass is 127. The van der Waals surface area contributed by atoms with E-state index in [9.17, 15) is 4.39 Å². The molecule has 2 rings (SSSR count). The number of rotatable bonds is 2. The number of hydrogen-bond donors (Lipinski definition) is 0. The lowest BCUT2D eigenvalue weighted by molar-refractivity contribution is 0.379. The number of methoxy groups -OCH3 is 1. The molecule has 0 aliphatic rings. The van der Waals surface area contributed by atoms with Crippen molar-refractivity contribution in [3.05, 3.63) is 33.9 Å². The van der Waals surface area contributed by atoms with Gasteiger partial charge in [0.1, 0.15) is 5.82 Å². The van der Waals surface area contributed by atoms with E-state index in [4.69, 9.17) is 4.74 Å². The second-order valence-corrected chi connectivity index (χ2v) is 3.91. The van der Waals surface area contributed by atoms with E-state index in [1.807, 2.05) is 0 Å². The molecule has 0 aromatic carbocycles. The minimum absolute atomic E-state index is 0.375. The average molecular weight is 319 g/mol. The van der Waals surface area contributed by atoms with Gasteiger partial charge in [0.25, 0.3) is 0 Å². The van der Waals surface area contributed by atoms with Crippen molar-refractivity contribution in [2.45, 2.75) is 0 Å². The van der Waals surface area contributed by atoms with Gasteiger partial charge in [0, 0.05) is 0 Å². The van der Waals surface area contributed by atoms with Gasteiger partial charge in [-0.25, -0.2) is 9.37 Å². The third-order valence-corrected chi connectivity index (χ3v) is 2.55. The Bertz CT molecular complexity index is 469. The summed E-state index contributed by atoms with van der Waals surface area (Å²) in [4.78, 5) is 3.91. The lowest BCUT2D eigenvalue weighted by atomic mass is 10.4. The molecule has 0 saturated carbocycles. The highest BCUT2D eigenvalue weighted by molar-refractivity contribution is 14.1. The number of hydrogen-bond acceptors (Lipinski definition) is 3. The Balaban J connectivity index is 2.49. The Kier molecular flexibility index (Phi) is 2.85. The van der Waals surface area contributed by atoms with Crippen LogP contribution in [0.2, 0.25) is 0 Å². The number of aromatic nitrogens is 3. The van der Waals surface area contributed by atoms with Gasteiger partial charge in [0.05, 0.1) is 23.1 Å². The minimum Gasteiger partial charge on any atom is -0.480 e. The van der Waals surface area contributed by atoms with Gasteiger partial charge in [-0.2, -0.15) is 9.78 Å². The normalized spacial score (nSPS) is 10.3. The first-order valence-electron chi connectivity index (χ1n) is 4.12. The number of pyridine rings is 1. The zero-order chi connectivity index (χ0) is 10.8. The van der Waals surface area contributed by atoms with E-state index < -0.39 is 0 Å². The molecule has 6 heteroatoms. The summed E-state index contributed by atoms with van der Waals surface area (Å²) in [5.74, 6) is 0.741. The lowest BCUT2D eigenvalue weighted by Gasteiger charge is -2.04. The summed E-state index contributed by atoms with van der Waals surface area (Å²) in [6, 6.07) is 2.87. The average Bonchev–Trinajstić information content (AvgIpc) is 2.61. The fraction of sp³-hybridized carbons (Fsp3) is 0.111. The highest BCUT2D eigenvalue weighted by Crippen LogP contribution is 2.22. The monoisotopic (exact) mass is 319 g/mol. The first-order chi connectivity index (χ1) is 7.22. The molecule has 0 aliphatic carbocycles. The molecule has 2 aromatic heterocycles. The van der Waals surface area contributed by atoms with Crippen molar-refractivity contribution in [2.24, 2.45) is 0 Å². The topological polar surface area (TPSA) is 39.9 Å². The maximum absolute atomic E-state index is 12.7. The number of nitrogens with zero attached hydrogens (tertiary/aromatic N) is 3. The molecular formula is C9H7FIN3O. The van der Waals surface area contributed by atoms with Crippen molar-refractivity contribution in [1.82, 2.24) is 14.8 Å². The maximum atomic E-state index is 12.7. The molecule has 0 fully saturated rings. The van der Waals surface area contributed by atoms with E-state index in [-0.39, 0.29) is 5.82 Å². The van der Waals surface area contributed by atoms with E-state index in [0.29, 0.717) is 11.7 Å². The number of halogens is 2. The lowest BCUT2D eigenvalue weighted by Crippen LogP contribution is -2.02. The molecular weight excluding hydrogens is 312 g/mol. The summed E-state index contributed by atoms with van der Waals surface area (Å²) < 4.78 is 20.2. The largest absolute Gasteiger partial charge is 0.480 e. The predicted octanol–water partition coefficient (Wildman–Crippen LogP) is 2.02. The third-order valence-electron chi connectivity index (χ3n) is 1.81. The predicted molar refractivity (Wildman–Crippen MR) is 60.6 cm³/mol. The maximum Gasteiger partial charge on any atom is 0.231 e. The van der Waals surface area contributed by atoms with E-state index >= 15 is 0 Å². The summed E-state index contributed by atoms with van der Waals surface area (Å²) in [5, 5.41) is 4.09.